The molecule has 3 heterocycles. The number of likely N-dealkylation sites (tertiary alicyclic amines) is 1. The minimum absolute atomic E-state index is 0.0796. The highest BCUT2D eigenvalue weighted by molar-refractivity contribution is 6.02. The van der Waals surface area contributed by atoms with Crippen molar-refractivity contribution in [2.75, 3.05) is 12.4 Å². The quantitative estimate of drug-likeness (QED) is 0.464. The minimum atomic E-state index is -1.19. The summed E-state index contributed by atoms with van der Waals surface area (Å²) in [6.45, 7) is 4.45. The molecule has 41 heavy (non-hydrogen) atoms. The first-order valence-corrected chi connectivity index (χ1v) is 14.8. The van der Waals surface area contributed by atoms with Gasteiger partial charge in [-0.1, -0.05) is 69.5 Å². The smallest absolute Gasteiger partial charge is 0.246 e. The number of nitrogens with one attached hydrogen (secondary N) is 2. The third-order valence-electron chi connectivity index (χ3n) is 9.21. The van der Waals surface area contributed by atoms with Gasteiger partial charge in [0.05, 0.1) is 25.0 Å². The van der Waals surface area contributed by atoms with E-state index < -0.39 is 29.6 Å². The van der Waals surface area contributed by atoms with Gasteiger partial charge in [-0.2, -0.15) is 0 Å². The van der Waals surface area contributed by atoms with Gasteiger partial charge in [0.2, 0.25) is 17.7 Å². The lowest BCUT2D eigenvalue weighted by Crippen LogP contribution is -2.56. The van der Waals surface area contributed by atoms with Crippen molar-refractivity contribution in [2.24, 2.45) is 11.8 Å². The highest BCUT2D eigenvalue weighted by atomic mass is 16.5. The maximum atomic E-state index is 14.2. The van der Waals surface area contributed by atoms with Crippen LogP contribution in [0.4, 0.5) is 5.69 Å². The Labute approximate surface area is 241 Å². The number of benzene rings is 2. The number of amides is 3. The SMILES string of the molecule is COc1cccc(CN2C(=O)[C@@H]3[C@H](C(=O)Nc4ccc(C(C)C)cc4)[C@@H]4C=C[C@@]3(O4)[C@@H]2C(=O)NC2CCCCC2)c1. The Kier molecular flexibility index (Phi) is 7.36. The molecule has 2 saturated heterocycles. The van der Waals surface area contributed by atoms with Crippen LogP contribution >= 0.6 is 0 Å². The second-order valence-electron chi connectivity index (χ2n) is 12.1. The Morgan fingerprint density at radius 2 is 1.83 bits per heavy atom. The Morgan fingerprint density at radius 3 is 2.54 bits per heavy atom. The van der Waals surface area contributed by atoms with Crippen LogP contribution in [-0.2, 0) is 25.7 Å². The van der Waals surface area contributed by atoms with Gasteiger partial charge >= 0.3 is 0 Å². The van der Waals surface area contributed by atoms with E-state index in [0.717, 1.165) is 31.2 Å². The number of anilines is 1. The molecular weight excluding hydrogens is 518 g/mol. The summed E-state index contributed by atoms with van der Waals surface area (Å²) in [6.07, 6.45) is 8.33. The summed E-state index contributed by atoms with van der Waals surface area (Å²) in [5, 5.41) is 6.25. The van der Waals surface area contributed by atoms with Crippen molar-refractivity contribution >= 4 is 23.4 Å². The highest BCUT2D eigenvalue weighted by Gasteiger charge is 2.72. The van der Waals surface area contributed by atoms with Crippen LogP contribution in [0.15, 0.2) is 60.7 Å². The minimum Gasteiger partial charge on any atom is -0.497 e. The number of methoxy groups -OCH3 is 1. The molecule has 3 aliphatic heterocycles. The molecule has 2 bridgehead atoms. The number of rotatable bonds is 8. The average Bonchev–Trinajstić information content (AvgIpc) is 3.61. The number of nitrogens with zero attached hydrogens (tertiary/aromatic N) is 1. The van der Waals surface area contributed by atoms with Crippen LogP contribution in [0.3, 0.4) is 0 Å². The molecule has 5 atom stereocenters. The molecule has 0 radical (unpaired) electrons. The summed E-state index contributed by atoms with van der Waals surface area (Å²) in [7, 11) is 1.60. The summed E-state index contributed by atoms with van der Waals surface area (Å²) in [5.41, 5.74) is 1.50. The molecular formula is C33H39N3O5. The lowest BCUT2D eigenvalue weighted by atomic mass is 9.74. The maximum Gasteiger partial charge on any atom is 0.246 e. The lowest BCUT2D eigenvalue weighted by Gasteiger charge is -2.34. The van der Waals surface area contributed by atoms with Crippen molar-refractivity contribution in [3.63, 3.8) is 0 Å². The second kappa shape index (κ2) is 11.0. The molecule has 216 valence electrons. The first-order chi connectivity index (χ1) is 19.8. The largest absolute Gasteiger partial charge is 0.497 e. The fourth-order valence-electron chi connectivity index (χ4n) is 7.11. The zero-order valence-electron chi connectivity index (χ0n) is 24.0. The van der Waals surface area contributed by atoms with E-state index in [1.54, 1.807) is 12.0 Å². The number of carbonyl (C=O) groups excluding carboxylic acids is 3. The topological polar surface area (TPSA) is 97.0 Å². The number of hydrogen-bond donors (Lipinski definition) is 2. The summed E-state index contributed by atoms with van der Waals surface area (Å²) in [6, 6.07) is 14.5. The molecule has 1 saturated carbocycles. The highest BCUT2D eigenvalue weighted by Crippen LogP contribution is 2.55. The predicted molar refractivity (Wildman–Crippen MR) is 155 cm³/mol. The Hall–Kier alpha value is -3.65. The van der Waals surface area contributed by atoms with Crippen molar-refractivity contribution in [3.05, 3.63) is 71.8 Å². The van der Waals surface area contributed by atoms with Crippen LogP contribution in [-0.4, -0.2) is 53.5 Å². The number of hydrogen-bond acceptors (Lipinski definition) is 5. The predicted octanol–water partition coefficient (Wildman–Crippen LogP) is 4.56. The molecule has 8 nitrogen and oxygen atoms in total. The standard InChI is InChI=1S/C33H39N3O5/c1-20(2)22-12-14-24(15-13-22)34-30(37)27-26-16-17-33(41-26)28(27)32(39)36(19-21-8-7-11-25(18-21)40-3)29(33)31(38)35-23-9-5-4-6-10-23/h7-8,11-18,20,23,26-29H,4-6,9-10,19H2,1-3H3,(H,34,37)(H,35,38)/t26-,27+,28-,29-,33-/m0/s1. The zero-order chi connectivity index (χ0) is 28.7. The van der Waals surface area contributed by atoms with E-state index in [2.05, 4.69) is 24.5 Å². The number of fused-ring (bicyclic) bond motifs is 1. The number of carbonyl (C=O) groups is 3. The van der Waals surface area contributed by atoms with Gasteiger partial charge in [-0.05, 0) is 54.2 Å². The van der Waals surface area contributed by atoms with Gasteiger partial charge in [0, 0.05) is 18.3 Å². The molecule has 8 heteroatoms. The zero-order valence-corrected chi connectivity index (χ0v) is 24.0. The molecule has 2 aromatic rings. The molecule has 0 unspecified atom stereocenters. The summed E-state index contributed by atoms with van der Waals surface area (Å²) in [4.78, 5) is 43.6. The second-order valence-corrected chi connectivity index (χ2v) is 12.1. The fraction of sp³-hybridized carbons (Fsp3) is 0.485. The van der Waals surface area contributed by atoms with Crippen molar-refractivity contribution in [1.29, 1.82) is 0 Å². The molecule has 6 rings (SSSR count). The average molecular weight is 558 g/mol. The van der Waals surface area contributed by atoms with Crippen LogP contribution in [0.1, 0.15) is 63.0 Å². The van der Waals surface area contributed by atoms with Crippen LogP contribution in [0.2, 0.25) is 0 Å². The molecule has 2 aromatic carbocycles. The Balaban J connectivity index is 1.30. The Morgan fingerprint density at radius 1 is 1.07 bits per heavy atom. The van der Waals surface area contributed by atoms with Gasteiger partial charge in [-0.15, -0.1) is 0 Å². The van der Waals surface area contributed by atoms with E-state index in [1.165, 1.54) is 12.0 Å². The lowest BCUT2D eigenvalue weighted by molar-refractivity contribution is -0.142. The third kappa shape index (κ3) is 4.92. The van der Waals surface area contributed by atoms with Gasteiger partial charge in [0.1, 0.15) is 17.4 Å². The van der Waals surface area contributed by atoms with Crippen molar-refractivity contribution in [3.8, 4) is 5.75 Å². The van der Waals surface area contributed by atoms with Gasteiger partial charge in [0.25, 0.3) is 0 Å². The number of ether oxygens (including phenoxy) is 2. The first kappa shape index (κ1) is 27.5. The molecule has 1 aliphatic carbocycles. The summed E-state index contributed by atoms with van der Waals surface area (Å²) >= 11 is 0. The van der Waals surface area contributed by atoms with Crippen LogP contribution < -0.4 is 15.4 Å². The van der Waals surface area contributed by atoms with Gasteiger partial charge in [-0.25, -0.2) is 0 Å². The first-order valence-electron chi connectivity index (χ1n) is 14.8. The van der Waals surface area contributed by atoms with E-state index in [1.807, 2.05) is 60.7 Å². The normalized spacial score (nSPS) is 28.7. The summed E-state index contributed by atoms with van der Waals surface area (Å²) < 4.78 is 11.9. The van der Waals surface area contributed by atoms with E-state index >= 15 is 0 Å². The van der Waals surface area contributed by atoms with E-state index in [4.69, 9.17) is 9.47 Å². The van der Waals surface area contributed by atoms with Crippen LogP contribution in [0, 0.1) is 11.8 Å². The molecule has 4 aliphatic rings. The monoisotopic (exact) mass is 557 g/mol. The van der Waals surface area contributed by atoms with Gasteiger partial charge in [0.15, 0.2) is 0 Å². The van der Waals surface area contributed by atoms with Crippen molar-refractivity contribution in [1.82, 2.24) is 10.2 Å². The fourth-order valence-corrected chi connectivity index (χ4v) is 7.11. The van der Waals surface area contributed by atoms with E-state index in [0.29, 0.717) is 17.4 Å². The summed E-state index contributed by atoms with van der Waals surface area (Å²) in [5.74, 6) is -1.20. The maximum absolute atomic E-state index is 14.2. The van der Waals surface area contributed by atoms with Gasteiger partial charge in [-0.3, -0.25) is 14.4 Å². The van der Waals surface area contributed by atoms with Crippen molar-refractivity contribution < 1.29 is 23.9 Å². The van der Waals surface area contributed by atoms with Crippen LogP contribution in [0.25, 0.3) is 0 Å². The molecule has 0 aromatic heterocycles. The molecule has 3 amide bonds. The molecule has 1 spiro atoms. The van der Waals surface area contributed by atoms with E-state index in [9.17, 15) is 14.4 Å². The van der Waals surface area contributed by atoms with Gasteiger partial charge < -0.3 is 25.0 Å². The van der Waals surface area contributed by atoms with Crippen LogP contribution in [0.5, 0.6) is 5.75 Å². The Bertz CT molecular complexity index is 1350. The van der Waals surface area contributed by atoms with Crippen molar-refractivity contribution in [2.45, 2.75) is 82.2 Å². The molecule has 2 N–H and O–H groups in total. The third-order valence-corrected chi connectivity index (χ3v) is 9.21. The molecule has 3 fully saturated rings. The van der Waals surface area contributed by atoms with E-state index in [-0.39, 0.29) is 30.3 Å².